The molecule has 2 atom stereocenters. The van der Waals surface area contributed by atoms with Gasteiger partial charge in [-0.25, -0.2) is 9.97 Å². The van der Waals surface area contributed by atoms with Gasteiger partial charge in [0.1, 0.15) is 17.8 Å². The van der Waals surface area contributed by atoms with E-state index in [2.05, 4.69) is 20.3 Å². The molecule has 3 heterocycles. The van der Waals surface area contributed by atoms with Crippen molar-refractivity contribution in [3.8, 4) is 0 Å². The van der Waals surface area contributed by atoms with Gasteiger partial charge in [0.15, 0.2) is 11.6 Å². The molecule has 1 aliphatic heterocycles. The largest absolute Gasteiger partial charge is 0.394 e. The third-order valence-electron chi connectivity index (χ3n) is 6.37. The molecule has 0 amide bonds. The lowest BCUT2D eigenvalue weighted by Gasteiger charge is -2.29. The number of hydrogen-bond acceptors (Lipinski definition) is 7. The molecule has 0 aliphatic carbocycles. The maximum atomic E-state index is 13.5. The van der Waals surface area contributed by atoms with Gasteiger partial charge >= 0.3 is 0 Å². The van der Waals surface area contributed by atoms with Crippen molar-refractivity contribution in [3.05, 3.63) is 88.3 Å². The normalized spacial score (nSPS) is 17.7. The van der Waals surface area contributed by atoms with Crippen LogP contribution in [-0.2, 0) is 11.2 Å². The fourth-order valence-electron chi connectivity index (χ4n) is 4.42. The maximum Gasteiger partial charge on any atom is 0.196 e. The molecule has 0 saturated carbocycles. The van der Waals surface area contributed by atoms with Crippen LogP contribution in [-0.4, -0.2) is 57.0 Å². The molecular formula is C27H25ClN4O4. The Balaban J connectivity index is 1.38. The number of ketones is 2. The zero-order chi connectivity index (χ0) is 25.1. The zero-order valence-electron chi connectivity index (χ0n) is 19.4. The molecule has 0 unspecified atom stereocenters. The Morgan fingerprint density at radius 1 is 1.11 bits per heavy atom. The van der Waals surface area contributed by atoms with E-state index >= 15 is 0 Å². The molecule has 2 aromatic carbocycles. The Morgan fingerprint density at radius 2 is 1.94 bits per heavy atom. The van der Waals surface area contributed by atoms with Crippen LogP contribution in [0.1, 0.15) is 44.7 Å². The molecule has 0 spiro atoms. The molecular weight excluding hydrogens is 480 g/mol. The molecule has 1 saturated heterocycles. The molecule has 36 heavy (non-hydrogen) atoms. The van der Waals surface area contributed by atoms with Crippen molar-refractivity contribution in [2.24, 2.45) is 0 Å². The average Bonchev–Trinajstić information content (AvgIpc) is 3.35. The van der Waals surface area contributed by atoms with E-state index in [-0.39, 0.29) is 41.8 Å². The van der Waals surface area contributed by atoms with Crippen LogP contribution in [0, 0.1) is 0 Å². The van der Waals surface area contributed by atoms with Crippen molar-refractivity contribution in [1.82, 2.24) is 15.0 Å². The highest BCUT2D eigenvalue weighted by Crippen LogP contribution is 2.30. The number of benzene rings is 2. The quantitative estimate of drug-likeness (QED) is 0.307. The molecule has 2 aromatic heterocycles. The number of aliphatic hydroxyl groups excluding tert-OH is 1. The maximum absolute atomic E-state index is 13.5. The number of aromatic nitrogens is 3. The van der Waals surface area contributed by atoms with E-state index in [1.807, 2.05) is 18.2 Å². The number of aromatic amines is 1. The second-order valence-electron chi connectivity index (χ2n) is 8.81. The van der Waals surface area contributed by atoms with Gasteiger partial charge in [-0.05, 0) is 30.5 Å². The third-order valence-corrected chi connectivity index (χ3v) is 6.68. The van der Waals surface area contributed by atoms with E-state index in [4.69, 9.17) is 16.3 Å². The minimum absolute atomic E-state index is 0.000891. The Bertz CT molecular complexity index is 1400. The van der Waals surface area contributed by atoms with Crippen LogP contribution in [0.15, 0.2) is 61.1 Å². The number of aliphatic hydroxyl groups is 1. The van der Waals surface area contributed by atoms with Gasteiger partial charge in [0.25, 0.3) is 0 Å². The second kappa shape index (κ2) is 10.6. The van der Waals surface area contributed by atoms with Gasteiger partial charge in [-0.15, -0.1) is 0 Å². The first-order valence-electron chi connectivity index (χ1n) is 11.8. The molecule has 1 fully saturated rings. The van der Waals surface area contributed by atoms with Crippen LogP contribution in [0.2, 0.25) is 5.02 Å². The Labute approximate surface area is 212 Å². The Kier molecular flexibility index (Phi) is 7.09. The Hall–Kier alpha value is -3.59. The smallest absolute Gasteiger partial charge is 0.196 e. The Morgan fingerprint density at radius 3 is 2.67 bits per heavy atom. The fraction of sp³-hybridized carbons (Fsp3) is 0.259. The summed E-state index contributed by atoms with van der Waals surface area (Å²) in [6, 6.07) is 14.1. The summed E-state index contributed by atoms with van der Waals surface area (Å²) in [7, 11) is 0. The van der Waals surface area contributed by atoms with Crippen LogP contribution in [0.3, 0.4) is 0 Å². The lowest BCUT2D eigenvalue weighted by molar-refractivity contribution is -0.0224. The summed E-state index contributed by atoms with van der Waals surface area (Å²) in [5.74, 6) is 0.236. The summed E-state index contributed by atoms with van der Waals surface area (Å²) in [5, 5.41) is 13.5. The highest BCUT2D eigenvalue weighted by atomic mass is 35.5. The van der Waals surface area contributed by atoms with Crippen LogP contribution in [0.5, 0.6) is 0 Å². The molecule has 0 radical (unpaired) electrons. The van der Waals surface area contributed by atoms with Crippen molar-refractivity contribution in [2.45, 2.75) is 31.4 Å². The second-order valence-corrected chi connectivity index (χ2v) is 9.22. The van der Waals surface area contributed by atoms with Crippen molar-refractivity contribution in [3.63, 3.8) is 0 Å². The molecule has 3 N–H and O–H groups in total. The number of anilines is 1. The molecule has 9 heteroatoms. The van der Waals surface area contributed by atoms with Crippen molar-refractivity contribution in [1.29, 1.82) is 0 Å². The summed E-state index contributed by atoms with van der Waals surface area (Å²) in [6.45, 7) is 0.431. The number of hydrogen-bond donors (Lipinski definition) is 3. The molecule has 184 valence electrons. The summed E-state index contributed by atoms with van der Waals surface area (Å²) in [5.41, 5.74) is 2.61. The lowest BCUT2D eigenvalue weighted by Crippen LogP contribution is -2.36. The van der Waals surface area contributed by atoms with E-state index in [9.17, 15) is 14.7 Å². The van der Waals surface area contributed by atoms with Gasteiger partial charge < -0.3 is 20.1 Å². The van der Waals surface area contributed by atoms with E-state index in [0.717, 1.165) is 18.4 Å². The van der Waals surface area contributed by atoms with Crippen LogP contribution >= 0.6 is 11.6 Å². The van der Waals surface area contributed by atoms with Gasteiger partial charge in [0, 0.05) is 23.7 Å². The standard InChI is InChI=1S/C27H25ClN4O4/c28-22-10-16(11-23(34)17-4-2-1-3-5-17)6-9-20(22)25(35)21-12-29-26-24(21)27(31-15-30-26)32-18-7-8-19(13-33)36-14-18/h1-6,9-10,12,15,18-19,33H,7-8,11,13-14H2,(H2,29,30,31,32)/t18-,19-/m1/s1. The molecule has 5 rings (SSSR count). The van der Waals surface area contributed by atoms with Crippen LogP contribution in [0.4, 0.5) is 5.82 Å². The number of nitrogens with one attached hydrogen (secondary N) is 2. The number of ether oxygens (including phenoxy) is 1. The monoisotopic (exact) mass is 504 g/mol. The average molecular weight is 505 g/mol. The van der Waals surface area contributed by atoms with E-state index in [1.165, 1.54) is 6.33 Å². The van der Waals surface area contributed by atoms with Crippen molar-refractivity contribution >= 4 is 40.0 Å². The first-order chi connectivity index (χ1) is 17.5. The number of halogens is 1. The molecule has 8 nitrogen and oxygen atoms in total. The van der Waals surface area contributed by atoms with E-state index in [1.54, 1.807) is 36.5 Å². The minimum atomic E-state index is -0.273. The fourth-order valence-corrected chi connectivity index (χ4v) is 4.71. The molecule has 0 bridgehead atoms. The summed E-state index contributed by atoms with van der Waals surface area (Å²) in [4.78, 5) is 37.8. The molecule has 4 aromatic rings. The predicted molar refractivity (Wildman–Crippen MR) is 137 cm³/mol. The highest BCUT2D eigenvalue weighted by Gasteiger charge is 2.25. The number of fused-ring (bicyclic) bond motifs is 1. The van der Waals surface area contributed by atoms with Gasteiger partial charge in [0.05, 0.1) is 41.3 Å². The number of H-pyrrole nitrogens is 1. The number of rotatable bonds is 8. The zero-order valence-corrected chi connectivity index (χ0v) is 20.2. The minimum Gasteiger partial charge on any atom is -0.394 e. The SMILES string of the molecule is O=C(Cc1ccc(C(=O)c2c[nH]c3ncnc(N[C@@H]4CC[C@H](CO)OC4)c23)c(Cl)c1)c1ccccc1. The first-order valence-corrected chi connectivity index (χ1v) is 12.1. The van der Waals surface area contributed by atoms with Crippen molar-refractivity contribution < 1.29 is 19.4 Å². The van der Waals surface area contributed by atoms with Gasteiger partial charge in [0.2, 0.25) is 0 Å². The van der Waals surface area contributed by atoms with Crippen molar-refractivity contribution in [2.75, 3.05) is 18.5 Å². The van der Waals surface area contributed by atoms with Gasteiger partial charge in [-0.2, -0.15) is 0 Å². The number of nitrogens with zero attached hydrogens (tertiary/aromatic N) is 2. The summed E-state index contributed by atoms with van der Waals surface area (Å²) < 4.78 is 5.66. The number of Topliss-reactive ketones (excluding diaryl/α,β-unsaturated/α-hetero) is 1. The topological polar surface area (TPSA) is 117 Å². The lowest BCUT2D eigenvalue weighted by atomic mass is 9.98. The van der Waals surface area contributed by atoms with E-state index < -0.39 is 0 Å². The van der Waals surface area contributed by atoms with Gasteiger partial charge in [-0.3, -0.25) is 9.59 Å². The van der Waals surface area contributed by atoms with Crippen LogP contribution in [0.25, 0.3) is 11.0 Å². The number of carbonyl (C=O) groups is 2. The highest BCUT2D eigenvalue weighted by molar-refractivity contribution is 6.35. The predicted octanol–water partition coefficient (Wildman–Crippen LogP) is 4.22. The molecule has 1 aliphatic rings. The summed E-state index contributed by atoms with van der Waals surface area (Å²) in [6.07, 6.45) is 4.62. The third kappa shape index (κ3) is 5.02. The van der Waals surface area contributed by atoms with Gasteiger partial charge in [-0.1, -0.05) is 48.0 Å². The first kappa shape index (κ1) is 24.1. The van der Waals surface area contributed by atoms with E-state index in [0.29, 0.717) is 40.1 Å². The van der Waals surface area contributed by atoms with Crippen LogP contribution < -0.4 is 5.32 Å². The summed E-state index contributed by atoms with van der Waals surface area (Å²) >= 11 is 6.52. The number of carbonyl (C=O) groups excluding carboxylic acids is 2.